The van der Waals surface area contributed by atoms with Gasteiger partial charge in [0.1, 0.15) is 11.6 Å². The van der Waals surface area contributed by atoms with Crippen LogP contribution in [0.4, 0.5) is 11.4 Å². The molecule has 0 aliphatic heterocycles. The highest BCUT2D eigenvalue weighted by atomic mass is 35.5. The van der Waals surface area contributed by atoms with Crippen LogP contribution in [0.1, 0.15) is 22.8 Å². The lowest BCUT2D eigenvalue weighted by Gasteiger charge is -2.15. The molecule has 2 amide bonds. The molecule has 3 rings (SSSR count). The Morgan fingerprint density at radius 2 is 1.69 bits per heavy atom. The average Bonchev–Trinajstić information content (AvgIpc) is 2.92. The summed E-state index contributed by atoms with van der Waals surface area (Å²) in [5.41, 5.74) is 1.31. The van der Waals surface area contributed by atoms with E-state index in [-0.39, 0.29) is 35.3 Å². The third kappa shape index (κ3) is 7.98. The number of ether oxygens (including phenoxy) is 3. The third-order valence-electron chi connectivity index (χ3n) is 5.07. The number of para-hydroxylation sites is 1. The SMILES string of the molecule is CCOc1cc(/C=C(/C#N)C(=O)Nc2ccc(C(=O)OC)cc2)cc(Cl)c1OCC(=O)Nc1ccccc1Cl. The second-order valence-corrected chi connectivity index (χ2v) is 8.59. The number of benzene rings is 3. The maximum absolute atomic E-state index is 12.7. The second kappa shape index (κ2) is 13.9. The first-order valence-corrected chi connectivity index (χ1v) is 12.3. The highest BCUT2D eigenvalue weighted by Gasteiger charge is 2.17. The van der Waals surface area contributed by atoms with Crippen LogP contribution in [0.3, 0.4) is 0 Å². The van der Waals surface area contributed by atoms with Gasteiger partial charge in [0.15, 0.2) is 18.1 Å². The lowest BCUT2D eigenvalue weighted by Crippen LogP contribution is -2.20. The number of halogens is 2. The van der Waals surface area contributed by atoms with E-state index >= 15 is 0 Å². The number of nitrogens with one attached hydrogen (secondary N) is 2. The molecule has 0 aromatic heterocycles. The zero-order chi connectivity index (χ0) is 28.4. The molecule has 200 valence electrons. The number of carbonyl (C=O) groups excluding carboxylic acids is 3. The summed E-state index contributed by atoms with van der Waals surface area (Å²) in [5, 5.41) is 15.3. The molecule has 0 saturated carbocycles. The van der Waals surface area contributed by atoms with Gasteiger partial charge in [-0.1, -0.05) is 35.3 Å². The van der Waals surface area contributed by atoms with Crippen molar-refractivity contribution in [3.8, 4) is 17.6 Å². The summed E-state index contributed by atoms with van der Waals surface area (Å²) < 4.78 is 15.9. The Hall–Kier alpha value is -4.52. The van der Waals surface area contributed by atoms with Crippen molar-refractivity contribution >= 4 is 58.4 Å². The van der Waals surface area contributed by atoms with Crippen LogP contribution < -0.4 is 20.1 Å². The van der Waals surface area contributed by atoms with Gasteiger partial charge in [-0.2, -0.15) is 5.26 Å². The van der Waals surface area contributed by atoms with Crippen molar-refractivity contribution in [2.24, 2.45) is 0 Å². The summed E-state index contributed by atoms with van der Waals surface area (Å²) in [7, 11) is 1.27. The Kier molecular flexibility index (Phi) is 10.3. The summed E-state index contributed by atoms with van der Waals surface area (Å²) in [6, 6.07) is 17.6. The van der Waals surface area contributed by atoms with Gasteiger partial charge in [-0.15, -0.1) is 0 Å². The van der Waals surface area contributed by atoms with Crippen molar-refractivity contribution in [1.82, 2.24) is 0 Å². The topological polar surface area (TPSA) is 127 Å². The maximum Gasteiger partial charge on any atom is 0.337 e. The Labute approximate surface area is 234 Å². The van der Waals surface area contributed by atoms with E-state index in [1.54, 1.807) is 31.2 Å². The average molecular weight is 568 g/mol. The van der Waals surface area contributed by atoms with Crippen molar-refractivity contribution < 1.29 is 28.6 Å². The monoisotopic (exact) mass is 567 g/mol. The molecule has 0 radical (unpaired) electrons. The number of hydrogen-bond acceptors (Lipinski definition) is 7. The Morgan fingerprint density at radius 1 is 0.974 bits per heavy atom. The number of rotatable bonds is 10. The Balaban J connectivity index is 1.76. The van der Waals surface area contributed by atoms with Crippen LogP contribution in [0.15, 0.2) is 66.2 Å². The van der Waals surface area contributed by atoms with Crippen LogP contribution in [0.25, 0.3) is 6.08 Å². The Morgan fingerprint density at radius 3 is 2.33 bits per heavy atom. The number of anilines is 2. The molecule has 11 heteroatoms. The molecule has 2 N–H and O–H groups in total. The van der Waals surface area contributed by atoms with Crippen LogP contribution in [0, 0.1) is 11.3 Å². The molecule has 0 saturated heterocycles. The van der Waals surface area contributed by atoms with Gasteiger partial charge < -0.3 is 24.8 Å². The number of amides is 2. The number of nitriles is 1. The maximum atomic E-state index is 12.7. The van der Waals surface area contributed by atoms with Crippen LogP contribution >= 0.6 is 23.2 Å². The first kappa shape index (κ1) is 29.0. The van der Waals surface area contributed by atoms with Crippen LogP contribution in [-0.2, 0) is 14.3 Å². The minimum absolute atomic E-state index is 0.105. The molecular weight excluding hydrogens is 545 g/mol. The van der Waals surface area contributed by atoms with Crippen molar-refractivity contribution in [3.05, 3.63) is 87.4 Å². The standard InChI is InChI=1S/C28H23Cl2N3O6/c1-3-38-24-14-17(12-19(15-31)27(35)32-20-10-8-18(9-11-20)28(36)37-2)13-22(30)26(24)39-16-25(34)33-23-7-5-4-6-21(23)29/h4-14H,3,16H2,1-2H3,(H,32,35)(H,33,34)/b19-12-. The lowest BCUT2D eigenvalue weighted by atomic mass is 10.1. The minimum atomic E-state index is -0.672. The van der Waals surface area contributed by atoms with Gasteiger partial charge in [-0.25, -0.2) is 4.79 Å². The molecule has 0 fully saturated rings. The third-order valence-corrected chi connectivity index (χ3v) is 5.68. The molecule has 9 nitrogen and oxygen atoms in total. The first-order valence-electron chi connectivity index (χ1n) is 11.5. The Bertz CT molecular complexity index is 1450. The van der Waals surface area contributed by atoms with E-state index in [4.69, 9.17) is 32.7 Å². The number of esters is 1. The van der Waals surface area contributed by atoms with E-state index in [1.165, 1.54) is 49.6 Å². The summed E-state index contributed by atoms with van der Waals surface area (Å²) in [6.07, 6.45) is 1.33. The van der Waals surface area contributed by atoms with Crippen molar-refractivity contribution in [2.45, 2.75) is 6.92 Å². The molecular formula is C28H23Cl2N3O6. The van der Waals surface area contributed by atoms with Gasteiger partial charge in [0.05, 0.1) is 35.0 Å². The molecule has 3 aromatic rings. The first-order chi connectivity index (χ1) is 18.7. The normalized spacial score (nSPS) is 10.7. The fourth-order valence-corrected chi connectivity index (χ4v) is 3.74. The van der Waals surface area contributed by atoms with Gasteiger partial charge in [-0.3, -0.25) is 9.59 Å². The van der Waals surface area contributed by atoms with Crippen molar-refractivity contribution in [2.75, 3.05) is 31.0 Å². The fourth-order valence-electron chi connectivity index (χ4n) is 3.28. The molecule has 0 heterocycles. The molecule has 0 aliphatic rings. The molecule has 0 aliphatic carbocycles. The highest BCUT2D eigenvalue weighted by molar-refractivity contribution is 6.33. The van der Waals surface area contributed by atoms with Gasteiger partial charge >= 0.3 is 5.97 Å². The number of methoxy groups -OCH3 is 1. The predicted molar refractivity (Wildman–Crippen MR) is 148 cm³/mol. The summed E-state index contributed by atoms with van der Waals surface area (Å²) in [6.45, 7) is 1.64. The zero-order valence-corrected chi connectivity index (χ0v) is 22.4. The molecule has 3 aromatic carbocycles. The molecule has 39 heavy (non-hydrogen) atoms. The fraction of sp³-hybridized carbons (Fsp3) is 0.143. The molecule has 0 bridgehead atoms. The van der Waals surface area contributed by atoms with Crippen molar-refractivity contribution in [3.63, 3.8) is 0 Å². The largest absolute Gasteiger partial charge is 0.490 e. The van der Waals surface area contributed by atoms with Gasteiger partial charge in [0, 0.05) is 5.69 Å². The molecule has 0 atom stereocenters. The summed E-state index contributed by atoms with van der Waals surface area (Å²) in [4.78, 5) is 36.6. The summed E-state index contributed by atoms with van der Waals surface area (Å²) in [5.74, 6) is -1.31. The van der Waals surface area contributed by atoms with E-state index in [9.17, 15) is 19.6 Å². The van der Waals surface area contributed by atoms with Crippen molar-refractivity contribution in [1.29, 1.82) is 5.26 Å². The second-order valence-electron chi connectivity index (χ2n) is 7.77. The van der Waals surface area contributed by atoms with E-state index in [0.717, 1.165) is 0 Å². The summed E-state index contributed by atoms with van der Waals surface area (Å²) >= 11 is 12.5. The minimum Gasteiger partial charge on any atom is -0.490 e. The lowest BCUT2D eigenvalue weighted by molar-refractivity contribution is -0.118. The van der Waals surface area contributed by atoms with Gasteiger partial charge in [0.2, 0.25) is 0 Å². The van der Waals surface area contributed by atoms with Gasteiger partial charge in [0.25, 0.3) is 11.8 Å². The quantitative estimate of drug-likeness (QED) is 0.181. The zero-order valence-electron chi connectivity index (χ0n) is 20.9. The molecule has 0 unspecified atom stereocenters. The highest BCUT2D eigenvalue weighted by Crippen LogP contribution is 2.37. The van der Waals surface area contributed by atoms with Crippen LogP contribution in [-0.4, -0.2) is 38.1 Å². The van der Waals surface area contributed by atoms with Crippen LogP contribution in [0.5, 0.6) is 11.5 Å². The molecule has 0 spiro atoms. The van der Waals surface area contributed by atoms with E-state index < -0.39 is 17.8 Å². The van der Waals surface area contributed by atoms with E-state index in [1.807, 2.05) is 6.07 Å². The van der Waals surface area contributed by atoms with E-state index in [0.29, 0.717) is 27.5 Å². The van der Waals surface area contributed by atoms with E-state index in [2.05, 4.69) is 15.4 Å². The number of carbonyl (C=O) groups is 3. The smallest absolute Gasteiger partial charge is 0.337 e. The predicted octanol–water partition coefficient (Wildman–Crippen LogP) is 5.74. The number of nitrogens with zero attached hydrogens (tertiary/aromatic N) is 1. The van der Waals surface area contributed by atoms with Crippen LogP contribution in [0.2, 0.25) is 10.0 Å². The van der Waals surface area contributed by atoms with Gasteiger partial charge in [-0.05, 0) is 67.1 Å². The number of hydrogen-bond donors (Lipinski definition) is 2.